The summed E-state index contributed by atoms with van der Waals surface area (Å²) in [5.74, 6) is -1.37. The Morgan fingerprint density at radius 1 is 1.27 bits per heavy atom. The molecule has 1 fully saturated rings. The van der Waals surface area contributed by atoms with Gasteiger partial charge in [-0.05, 0) is 60.1 Å². The van der Waals surface area contributed by atoms with Crippen LogP contribution >= 0.6 is 27.5 Å². The number of amides is 2. The standard InChI is InChI=1S/C21H18BrClN2O5/c1-3-29-21(28)12(2)30-18-13(9-14(23)11-17(18)22)10-16-19(26)24-25(20(16)27)15-7-5-4-6-8-15/h4-12H,3H2,1-2H3,(H,24,26). The molecule has 1 atom stereocenters. The van der Waals surface area contributed by atoms with Gasteiger partial charge >= 0.3 is 5.97 Å². The maximum Gasteiger partial charge on any atom is 0.347 e. The minimum absolute atomic E-state index is 0.0957. The van der Waals surface area contributed by atoms with E-state index in [1.54, 1.807) is 50.2 Å². The number of benzene rings is 2. The molecular weight excluding hydrogens is 476 g/mol. The Labute approximate surface area is 186 Å². The number of ether oxygens (including phenoxy) is 2. The molecule has 1 saturated heterocycles. The van der Waals surface area contributed by atoms with Crippen LogP contribution in [0.25, 0.3) is 6.08 Å². The number of carbonyl (C=O) groups is 3. The van der Waals surface area contributed by atoms with Crippen LogP contribution in [0.5, 0.6) is 5.75 Å². The molecule has 0 radical (unpaired) electrons. The van der Waals surface area contributed by atoms with Crippen LogP contribution in [-0.2, 0) is 19.1 Å². The van der Waals surface area contributed by atoms with Gasteiger partial charge in [0.1, 0.15) is 11.3 Å². The maximum atomic E-state index is 12.8. The Bertz CT molecular complexity index is 1030. The van der Waals surface area contributed by atoms with Crippen molar-refractivity contribution in [3.05, 3.63) is 63.1 Å². The van der Waals surface area contributed by atoms with E-state index in [2.05, 4.69) is 21.4 Å². The third kappa shape index (κ3) is 4.66. The smallest absolute Gasteiger partial charge is 0.347 e. The number of hydrogen-bond donors (Lipinski definition) is 1. The zero-order chi connectivity index (χ0) is 21.8. The van der Waals surface area contributed by atoms with E-state index in [1.807, 2.05) is 0 Å². The highest BCUT2D eigenvalue weighted by molar-refractivity contribution is 9.10. The number of rotatable bonds is 6. The minimum atomic E-state index is -0.909. The van der Waals surface area contributed by atoms with Crippen LogP contribution in [0.4, 0.5) is 5.69 Å². The maximum absolute atomic E-state index is 12.8. The lowest BCUT2D eigenvalue weighted by atomic mass is 10.1. The van der Waals surface area contributed by atoms with Crippen LogP contribution in [0.2, 0.25) is 5.02 Å². The second kappa shape index (κ2) is 9.32. The predicted molar refractivity (Wildman–Crippen MR) is 116 cm³/mol. The number of nitrogens with one attached hydrogen (secondary N) is 1. The van der Waals surface area contributed by atoms with Crippen molar-refractivity contribution in [1.29, 1.82) is 0 Å². The average Bonchev–Trinajstić information content (AvgIpc) is 2.99. The van der Waals surface area contributed by atoms with E-state index < -0.39 is 23.9 Å². The van der Waals surface area contributed by atoms with Crippen LogP contribution in [0.3, 0.4) is 0 Å². The van der Waals surface area contributed by atoms with Crippen molar-refractivity contribution in [2.75, 3.05) is 11.6 Å². The normalized spacial score (nSPS) is 15.9. The Morgan fingerprint density at radius 3 is 2.63 bits per heavy atom. The van der Waals surface area contributed by atoms with E-state index in [0.29, 0.717) is 20.7 Å². The van der Waals surface area contributed by atoms with Crippen molar-refractivity contribution in [3.8, 4) is 5.75 Å². The summed E-state index contributed by atoms with van der Waals surface area (Å²) in [7, 11) is 0. The number of carbonyl (C=O) groups excluding carboxylic acids is 3. The number of anilines is 1. The fraction of sp³-hybridized carbons (Fsp3) is 0.190. The second-order valence-corrected chi connectivity index (χ2v) is 7.58. The molecule has 0 saturated carbocycles. The second-order valence-electron chi connectivity index (χ2n) is 6.29. The minimum Gasteiger partial charge on any atom is -0.477 e. The average molecular weight is 494 g/mol. The van der Waals surface area contributed by atoms with Gasteiger partial charge in [0.2, 0.25) is 0 Å². The van der Waals surface area contributed by atoms with Crippen molar-refractivity contribution in [3.63, 3.8) is 0 Å². The molecule has 9 heteroatoms. The molecule has 0 aromatic heterocycles. The summed E-state index contributed by atoms with van der Waals surface area (Å²) < 4.78 is 11.2. The van der Waals surface area contributed by atoms with Crippen molar-refractivity contribution < 1.29 is 23.9 Å². The monoisotopic (exact) mass is 492 g/mol. The van der Waals surface area contributed by atoms with Crippen molar-refractivity contribution in [2.24, 2.45) is 0 Å². The first-order chi connectivity index (χ1) is 14.3. The van der Waals surface area contributed by atoms with E-state index in [-0.39, 0.29) is 17.9 Å². The molecule has 7 nitrogen and oxygen atoms in total. The number of nitrogens with zero attached hydrogens (tertiary/aromatic N) is 1. The molecule has 1 aliphatic rings. The number of para-hydroxylation sites is 1. The Morgan fingerprint density at radius 2 is 1.97 bits per heavy atom. The van der Waals surface area contributed by atoms with Gasteiger partial charge in [0, 0.05) is 10.6 Å². The first-order valence-corrected chi connectivity index (χ1v) is 10.2. The summed E-state index contributed by atoms with van der Waals surface area (Å²) in [6, 6.07) is 11.8. The lowest BCUT2D eigenvalue weighted by Gasteiger charge is -2.17. The molecule has 2 aromatic carbocycles. The molecule has 3 rings (SSSR count). The summed E-state index contributed by atoms with van der Waals surface area (Å²) >= 11 is 9.51. The van der Waals surface area contributed by atoms with E-state index in [9.17, 15) is 14.4 Å². The summed E-state index contributed by atoms with van der Waals surface area (Å²) in [4.78, 5) is 37.3. The molecule has 0 bridgehead atoms. The molecular formula is C21H18BrClN2O5. The Kier molecular flexibility index (Phi) is 6.79. The fourth-order valence-electron chi connectivity index (χ4n) is 2.77. The van der Waals surface area contributed by atoms with E-state index in [1.165, 1.54) is 12.1 Å². The zero-order valence-corrected chi connectivity index (χ0v) is 18.5. The van der Waals surface area contributed by atoms with Gasteiger partial charge in [-0.3, -0.25) is 15.0 Å². The van der Waals surface area contributed by atoms with Gasteiger partial charge in [-0.2, -0.15) is 0 Å². The first-order valence-electron chi connectivity index (χ1n) is 9.06. The lowest BCUT2D eigenvalue weighted by Crippen LogP contribution is -2.35. The number of halogens is 2. The largest absolute Gasteiger partial charge is 0.477 e. The van der Waals surface area contributed by atoms with Gasteiger partial charge in [0.15, 0.2) is 6.10 Å². The summed E-state index contributed by atoms with van der Waals surface area (Å²) in [5, 5.41) is 1.52. The van der Waals surface area contributed by atoms with E-state index >= 15 is 0 Å². The molecule has 1 heterocycles. The molecule has 1 unspecified atom stereocenters. The fourth-order valence-corrected chi connectivity index (χ4v) is 3.70. The van der Waals surface area contributed by atoms with Crippen LogP contribution < -0.4 is 15.2 Å². The van der Waals surface area contributed by atoms with Gasteiger partial charge in [0.05, 0.1) is 16.8 Å². The van der Waals surface area contributed by atoms with Gasteiger partial charge in [-0.25, -0.2) is 9.80 Å². The lowest BCUT2D eigenvalue weighted by molar-refractivity contribution is -0.150. The predicted octanol–water partition coefficient (Wildman–Crippen LogP) is 3.89. The van der Waals surface area contributed by atoms with Crippen LogP contribution in [0.15, 0.2) is 52.5 Å². The van der Waals surface area contributed by atoms with E-state index in [0.717, 1.165) is 5.01 Å². The molecule has 0 aliphatic carbocycles. The summed E-state index contributed by atoms with van der Waals surface area (Å²) in [6.45, 7) is 3.46. The van der Waals surface area contributed by atoms with Gasteiger partial charge in [0.25, 0.3) is 11.8 Å². The van der Waals surface area contributed by atoms with Gasteiger partial charge < -0.3 is 9.47 Å². The number of hydrogen-bond acceptors (Lipinski definition) is 5. The molecule has 1 aliphatic heterocycles. The summed E-state index contributed by atoms with van der Waals surface area (Å²) in [6.07, 6.45) is 0.471. The quantitative estimate of drug-likeness (QED) is 0.375. The molecule has 1 N–H and O–H groups in total. The molecule has 2 amide bonds. The van der Waals surface area contributed by atoms with Gasteiger partial charge in [-0.1, -0.05) is 29.8 Å². The Balaban J connectivity index is 1.97. The topological polar surface area (TPSA) is 84.9 Å². The Hall–Kier alpha value is -2.84. The summed E-state index contributed by atoms with van der Waals surface area (Å²) in [5.41, 5.74) is 3.32. The van der Waals surface area contributed by atoms with Crippen LogP contribution in [0.1, 0.15) is 19.4 Å². The van der Waals surface area contributed by atoms with Crippen LogP contribution in [0, 0.1) is 0 Å². The zero-order valence-electron chi connectivity index (χ0n) is 16.1. The van der Waals surface area contributed by atoms with Crippen LogP contribution in [-0.4, -0.2) is 30.5 Å². The van der Waals surface area contributed by atoms with Crippen molar-refractivity contribution in [2.45, 2.75) is 20.0 Å². The molecule has 30 heavy (non-hydrogen) atoms. The van der Waals surface area contributed by atoms with E-state index in [4.69, 9.17) is 21.1 Å². The highest BCUT2D eigenvalue weighted by Crippen LogP contribution is 2.35. The van der Waals surface area contributed by atoms with Gasteiger partial charge in [-0.15, -0.1) is 0 Å². The molecule has 2 aromatic rings. The molecule has 156 valence electrons. The highest BCUT2D eigenvalue weighted by atomic mass is 79.9. The number of hydrazine groups is 1. The first kappa shape index (κ1) is 21.9. The third-order valence-electron chi connectivity index (χ3n) is 4.16. The van der Waals surface area contributed by atoms with Crippen molar-refractivity contribution in [1.82, 2.24) is 5.43 Å². The number of esters is 1. The SMILES string of the molecule is CCOC(=O)C(C)Oc1c(Br)cc(Cl)cc1C=C1C(=O)NN(c2ccccc2)C1=O. The molecule has 0 spiro atoms. The third-order valence-corrected chi connectivity index (χ3v) is 4.96. The van der Waals surface area contributed by atoms with Crippen molar-refractivity contribution >= 4 is 57.1 Å². The highest BCUT2D eigenvalue weighted by Gasteiger charge is 2.35.